The summed E-state index contributed by atoms with van der Waals surface area (Å²) in [7, 11) is 0. The predicted octanol–water partition coefficient (Wildman–Crippen LogP) is 5.20. The smallest absolute Gasteiger partial charge is 0.269 e. The number of halogens is 1. The lowest BCUT2D eigenvalue weighted by Gasteiger charge is -2.33. The first-order valence-corrected chi connectivity index (χ1v) is 12.2. The lowest BCUT2D eigenvalue weighted by molar-refractivity contribution is -0.384. The van der Waals surface area contributed by atoms with Crippen molar-refractivity contribution in [1.29, 1.82) is 0 Å². The quantitative estimate of drug-likeness (QED) is 0.364. The third-order valence-electron chi connectivity index (χ3n) is 4.79. The van der Waals surface area contributed by atoms with Crippen LogP contribution in [0.2, 0.25) is 5.02 Å². The van der Waals surface area contributed by atoms with Crippen LogP contribution in [0.15, 0.2) is 48.5 Å². The zero-order valence-corrected chi connectivity index (χ0v) is 20.9. The minimum atomic E-state index is -0.604. The zero-order chi connectivity index (χ0) is 24.6. The molecule has 0 saturated heterocycles. The van der Waals surface area contributed by atoms with Crippen LogP contribution in [0.5, 0.6) is 0 Å². The van der Waals surface area contributed by atoms with E-state index in [0.717, 1.165) is 11.1 Å². The summed E-state index contributed by atoms with van der Waals surface area (Å²) in [5.41, 5.74) is 1.39. The number of benzene rings is 2. The van der Waals surface area contributed by atoms with Crippen molar-refractivity contribution in [3.05, 3.63) is 74.8 Å². The minimum Gasteiger partial charge on any atom is -0.350 e. The van der Waals surface area contributed by atoms with E-state index in [0.29, 0.717) is 23.7 Å². The number of nitro benzene ring substituents is 1. The van der Waals surface area contributed by atoms with Gasteiger partial charge in [-0.2, -0.15) is 0 Å². The van der Waals surface area contributed by atoms with Crippen molar-refractivity contribution < 1.29 is 14.5 Å². The Bertz CT molecular complexity index is 959. The number of amides is 2. The number of nitrogens with one attached hydrogen (secondary N) is 1. The molecule has 2 aromatic carbocycles. The normalized spacial score (nSPS) is 12.2. The number of hydrogen-bond acceptors (Lipinski definition) is 5. The molecule has 178 valence electrons. The van der Waals surface area contributed by atoms with Gasteiger partial charge in [-0.3, -0.25) is 19.7 Å². The molecule has 0 bridgehead atoms. The number of carbonyl (C=O) groups is 2. The van der Waals surface area contributed by atoms with Crippen molar-refractivity contribution in [1.82, 2.24) is 10.2 Å². The van der Waals surface area contributed by atoms with Crippen LogP contribution in [-0.2, 0) is 21.9 Å². The summed E-state index contributed by atoms with van der Waals surface area (Å²) in [6.07, 6.45) is 0.480. The number of nitro groups is 1. The fourth-order valence-corrected chi connectivity index (χ4v) is 4.21. The van der Waals surface area contributed by atoms with E-state index in [1.807, 2.05) is 39.8 Å². The Hall–Kier alpha value is -2.58. The molecule has 7 nitrogen and oxygen atoms in total. The first kappa shape index (κ1) is 26.7. The molecular weight excluding hydrogens is 462 g/mol. The van der Waals surface area contributed by atoms with Crippen LogP contribution in [0.25, 0.3) is 0 Å². The lowest BCUT2D eigenvalue weighted by atomic mass is 10.1. The van der Waals surface area contributed by atoms with Crippen LogP contribution in [0.4, 0.5) is 5.69 Å². The van der Waals surface area contributed by atoms with Crippen LogP contribution in [-0.4, -0.2) is 39.0 Å². The second-order valence-corrected chi connectivity index (χ2v) is 10.1. The van der Waals surface area contributed by atoms with Gasteiger partial charge in [0.25, 0.3) is 5.69 Å². The Kier molecular flexibility index (Phi) is 9.73. The maximum Gasteiger partial charge on any atom is 0.269 e. The minimum absolute atomic E-state index is 0.0321. The molecule has 0 aliphatic carbocycles. The first-order valence-electron chi connectivity index (χ1n) is 10.7. The molecule has 0 fully saturated rings. The molecule has 2 rings (SSSR count). The average Bonchev–Trinajstić information content (AvgIpc) is 2.74. The molecule has 2 aromatic rings. The van der Waals surface area contributed by atoms with Gasteiger partial charge in [0.05, 0.1) is 10.7 Å². The number of hydrogen-bond donors (Lipinski definition) is 1. The van der Waals surface area contributed by atoms with Crippen molar-refractivity contribution in [3.8, 4) is 0 Å². The van der Waals surface area contributed by atoms with Gasteiger partial charge in [-0.25, -0.2) is 0 Å². The van der Waals surface area contributed by atoms with E-state index in [4.69, 9.17) is 11.6 Å². The lowest BCUT2D eigenvalue weighted by Crippen LogP contribution is -2.53. The maximum atomic E-state index is 13.2. The molecule has 2 amide bonds. The second-order valence-electron chi connectivity index (χ2n) is 8.73. The highest BCUT2D eigenvalue weighted by Crippen LogP contribution is 2.20. The maximum absolute atomic E-state index is 13.2. The molecule has 1 unspecified atom stereocenters. The van der Waals surface area contributed by atoms with Crippen LogP contribution in [0, 0.1) is 10.1 Å². The van der Waals surface area contributed by atoms with Gasteiger partial charge < -0.3 is 10.2 Å². The average molecular weight is 492 g/mol. The zero-order valence-electron chi connectivity index (χ0n) is 19.3. The standard InChI is InChI=1S/C24H30ClN3O4S/c1-5-21(23(30)26-24(2,3)4)27(14-17-6-10-19(25)11-7-17)22(29)16-33-15-18-8-12-20(13-9-18)28(31)32/h6-13,21H,5,14-16H2,1-4H3,(H,26,30). The Labute approximate surface area is 204 Å². The highest BCUT2D eigenvalue weighted by Gasteiger charge is 2.30. The summed E-state index contributed by atoms with van der Waals surface area (Å²) in [5.74, 6) is 0.383. The van der Waals surface area contributed by atoms with Gasteiger partial charge in [-0.15, -0.1) is 11.8 Å². The monoisotopic (exact) mass is 491 g/mol. The van der Waals surface area contributed by atoms with E-state index in [1.54, 1.807) is 29.2 Å². The van der Waals surface area contributed by atoms with E-state index in [9.17, 15) is 19.7 Å². The number of carbonyl (C=O) groups excluding carboxylic acids is 2. The van der Waals surface area contributed by atoms with Gasteiger partial charge in [-0.1, -0.05) is 42.8 Å². The third-order valence-corrected chi connectivity index (χ3v) is 6.03. The predicted molar refractivity (Wildman–Crippen MR) is 133 cm³/mol. The summed E-state index contributed by atoms with van der Waals surface area (Å²) in [5, 5.41) is 14.4. The molecule has 0 saturated carbocycles. The highest BCUT2D eigenvalue weighted by molar-refractivity contribution is 7.99. The van der Waals surface area contributed by atoms with E-state index in [2.05, 4.69) is 5.32 Å². The molecular formula is C24H30ClN3O4S. The topological polar surface area (TPSA) is 92.6 Å². The van der Waals surface area contributed by atoms with Gasteiger partial charge in [0.15, 0.2) is 0 Å². The van der Waals surface area contributed by atoms with E-state index in [-0.39, 0.29) is 23.3 Å². The van der Waals surface area contributed by atoms with Crippen molar-refractivity contribution in [2.24, 2.45) is 0 Å². The number of rotatable bonds is 10. The summed E-state index contributed by atoms with van der Waals surface area (Å²) < 4.78 is 0. The fraction of sp³-hybridized carbons (Fsp3) is 0.417. The van der Waals surface area contributed by atoms with Gasteiger partial charge >= 0.3 is 0 Å². The molecule has 0 aromatic heterocycles. The summed E-state index contributed by atoms with van der Waals surface area (Å²) in [6.45, 7) is 7.90. The van der Waals surface area contributed by atoms with Crippen molar-refractivity contribution >= 4 is 40.9 Å². The van der Waals surface area contributed by atoms with Crippen LogP contribution >= 0.6 is 23.4 Å². The van der Waals surface area contributed by atoms with Crippen LogP contribution < -0.4 is 5.32 Å². The van der Waals surface area contributed by atoms with Gasteiger partial charge in [0.1, 0.15) is 6.04 Å². The Morgan fingerprint density at radius 3 is 2.18 bits per heavy atom. The molecule has 9 heteroatoms. The molecule has 0 aliphatic heterocycles. The number of non-ortho nitro benzene ring substituents is 1. The number of nitrogens with zero attached hydrogens (tertiary/aromatic N) is 2. The van der Waals surface area contributed by atoms with E-state index >= 15 is 0 Å². The molecule has 33 heavy (non-hydrogen) atoms. The first-order chi connectivity index (χ1) is 15.5. The van der Waals surface area contributed by atoms with E-state index < -0.39 is 16.5 Å². The molecule has 0 heterocycles. The fourth-order valence-electron chi connectivity index (χ4n) is 3.21. The van der Waals surface area contributed by atoms with Crippen LogP contribution in [0.3, 0.4) is 0 Å². The largest absolute Gasteiger partial charge is 0.350 e. The molecule has 1 atom stereocenters. The Morgan fingerprint density at radius 2 is 1.67 bits per heavy atom. The summed E-state index contributed by atoms with van der Waals surface area (Å²) >= 11 is 7.40. The Morgan fingerprint density at radius 1 is 1.09 bits per heavy atom. The third kappa shape index (κ3) is 8.70. The van der Waals surface area contributed by atoms with Gasteiger partial charge in [0.2, 0.25) is 11.8 Å². The molecule has 0 radical (unpaired) electrons. The van der Waals surface area contributed by atoms with Crippen LogP contribution in [0.1, 0.15) is 45.2 Å². The van der Waals surface area contributed by atoms with Gasteiger partial charge in [0, 0.05) is 35.0 Å². The molecule has 0 spiro atoms. The van der Waals surface area contributed by atoms with Crippen molar-refractivity contribution in [2.45, 2.75) is 58.0 Å². The van der Waals surface area contributed by atoms with Crippen molar-refractivity contribution in [3.63, 3.8) is 0 Å². The Balaban J connectivity index is 2.12. The number of thioether (sulfide) groups is 1. The summed E-state index contributed by atoms with van der Waals surface area (Å²) in [4.78, 5) is 38.2. The second kappa shape index (κ2) is 12.0. The van der Waals surface area contributed by atoms with Crippen molar-refractivity contribution in [2.75, 3.05) is 5.75 Å². The van der Waals surface area contributed by atoms with E-state index in [1.165, 1.54) is 23.9 Å². The molecule has 1 N–H and O–H groups in total. The summed E-state index contributed by atoms with van der Waals surface area (Å²) in [6, 6.07) is 12.9. The van der Waals surface area contributed by atoms with Gasteiger partial charge in [-0.05, 0) is 50.5 Å². The molecule has 0 aliphatic rings. The SMILES string of the molecule is CCC(C(=O)NC(C)(C)C)N(Cc1ccc(Cl)cc1)C(=O)CSCc1ccc([N+](=O)[O-])cc1. The highest BCUT2D eigenvalue weighted by atomic mass is 35.5.